The number of rotatable bonds is 6. The lowest BCUT2D eigenvalue weighted by Crippen LogP contribution is -2.28. The molecule has 1 heterocycles. The van der Waals surface area contributed by atoms with Crippen LogP contribution in [0, 0.1) is 6.92 Å². The van der Waals surface area contributed by atoms with Gasteiger partial charge in [-0.1, -0.05) is 35.9 Å². The number of amides is 1. The smallest absolute Gasteiger partial charge is 0.230 e. The van der Waals surface area contributed by atoms with Crippen LogP contribution in [0.2, 0.25) is 0 Å². The van der Waals surface area contributed by atoms with Crippen molar-refractivity contribution < 1.29 is 14.3 Å². The second-order valence-corrected chi connectivity index (χ2v) is 7.16. The minimum Gasteiger partial charge on any atom is -0.486 e. The summed E-state index contributed by atoms with van der Waals surface area (Å²) in [5.41, 5.74) is 3.50. The molecule has 0 saturated heterocycles. The molecule has 0 radical (unpaired) electrons. The fourth-order valence-electron chi connectivity index (χ4n) is 2.64. The molecule has 1 N–H and O–H groups in total. The van der Waals surface area contributed by atoms with Crippen molar-refractivity contribution in [2.24, 2.45) is 0 Å². The molecule has 3 rings (SSSR count). The Hall–Kier alpha value is -2.14. The number of carbonyl (C=O) groups is 1. The monoisotopic (exact) mass is 357 g/mol. The van der Waals surface area contributed by atoms with Gasteiger partial charge in [-0.05, 0) is 37.1 Å². The lowest BCUT2D eigenvalue weighted by molar-refractivity contribution is -0.119. The summed E-state index contributed by atoms with van der Waals surface area (Å²) >= 11 is 1.62. The Morgan fingerprint density at radius 1 is 1.12 bits per heavy atom. The highest BCUT2D eigenvalue weighted by atomic mass is 32.2. The number of thioether (sulfide) groups is 1. The van der Waals surface area contributed by atoms with Crippen molar-refractivity contribution >= 4 is 17.7 Å². The minimum absolute atomic E-state index is 0.0412. The molecule has 4 nitrogen and oxygen atoms in total. The largest absolute Gasteiger partial charge is 0.486 e. The highest BCUT2D eigenvalue weighted by Crippen LogP contribution is 2.32. The fourth-order valence-corrected chi connectivity index (χ4v) is 3.44. The van der Waals surface area contributed by atoms with E-state index >= 15 is 0 Å². The zero-order chi connectivity index (χ0) is 17.6. The maximum Gasteiger partial charge on any atom is 0.230 e. The molecule has 0 bridgehead atoms. The topological polar surface area (TPSA) is 47.6 Å². The first-order valence-electron chi connectivity index (χ1n) is 8.44. The molecule has 0 saturated carbocycles. The fraction of sp³-hybridized carbons (Fsp3) is 0.350. The molecular formula is C20H23NO3S. The van der Waals surface area contributed by atoms with Crippen molar-refractivity contribution in [2.45, 2.75) is 25.6 Å². The number of nitrogens with one attached hydrogen (secondary N) is 1. The SMILES string of the molecule is Cc1ccc(CSCC(=O)N[C@@H](C)c2ccc3c(c2)OCCO3)cc1. The average molecular weight is 357 g/mol. The first-order valence-corrected chi connectivity index (χ1v) is 9.59. The maximum absolute atomic E-state index is 12.2. The molecule has 0 unspecified atom stereocenters. The van der Waals surface area contributed by atoms with E-state index in [9.17, 15) is 4.79 Å². The molecule has 1 aliphatic heterocycles. The van der Waals surface area contributed by atoms with Gasteiger partial charge >= 0.3 is 0 Å². The van der Waals surface area contributed by atoms with Gasteiger partial charge in [0.2, 0.25) is 5.91 Å². The standard InChI is InChI=1S/C20H23NO3S/c1-14-3-5-16(6-4-14)12-25-13-20(22)21-15(2)17-7-8-18-19(11-17)24-10-9-23-18/h3-8,11,15H,9-10,12-13H2,1-2H3,(H,21,22)/t15-/m0/s1. The lowest BCUT2D eigenvalue weighted by Gasteiger charge is -2.21. The number of carbonyl (C=O) groups excluding carboxylic acids is 1. The molecule has 1 atom stereocenters. The zero-order valence-electron chi connectivity index (χ0n) is 14.6. The third kappa shape index (κ3) is 4.92. The van der Waals surface area contributed by atoms with Crippen LogP contribution in [0.4, 0.5) is 0 Å². The van der Waals surface area contributed by atoms with Gasteiger partial charge < -0.3 is 14.8 Å². The predicted octanol–water partition coefficient (Wildman–Crippen LogP) is 3.88. The first kappa shape index (κ1) is 17.7. The summed E-state index contributed by atoms with van der Waals surface area (Å²) in [6.45, 7) is 5.20. The summed E-state index contributed by atoms with van der Waals surface area (Å²) in [5, 5.41) is 3.04. The van der Waals surface area contributed by atoms with E-state index in [0.29, 0.717) is 19.0 Å². The van der Waals surface area contributed by atoms with Crippen molar-refractivity contribution in [1.29, 1.82) is 0 Å². The number of hydrogen-bond acceptors (Lipinski definition) is 4. The molecule has 0 fully saturated rings. The summed E-state index contributed by atoms with van der Waals surface area (Å²) in [4.78, 5) is 12.2. The van der Waals surface area contributed by atoms with Gasteiger partial charge in [0.05, 0.1) is 11.8 Å². The van der Waals surface area contributed by atoms with Crippen LogP contribution in [0.1, 0.15) is 29.7 Å². The molecular weight excluding hydrogens is 334 g/mol. The van der Waals surface area contributed by atoms with E-state index in [-0.39, 0.29) is 11.9 Å². The Kier molecular flexibility index (Phi) is 5.87. The van der Waals surface area contributed by atoms with Crippen LogP contribution in [0.5, 0.6) is 11.5 Å². The van der Waals surface area contributed by atoms with Crippen LogP contribution >= 0.6 is 11.8 Å². The number of aryl methyl sites for hydroxylation is 1. The van der Waals surface area contributed by atoms with Gasteiger partial charge in [-0.25, -0.2) is 0 Å². The predicted molar refractivity (Wildman–Crippen MR) is 101 cm³/mol. The number of ether oxygens (including phenoxy) is 2. The quantitative estimate of drug-likeness (QED) is 0.852. The van der Waals surface area contributed by atoms with Crippen LogP contribution in [-0.4, -0.2) is 24.9 Å². The van der Waals surface area contributed by atoms with Gasteiger partial charge in [0.25, 0.3) is 0 Å². The van der Waals surface area contributed by atoms with Gasteiger partial charge in [-0.3, -0.25) is 4.79 Å². The van der Waals surface area contributed by atoms with Crippen molar-refractivity contribution in [1.82, 2.24) is 5.32 Å². The summed E-state index contributed by atoms with van der Waals surface area (Å²) in [5.74, 6) is 2.84. The third-order valence-electron chi connectivity index (χ3n) is 4.07. The zero-order valence-corrected chi connectivity index (χ0v) is 15.4. The molecule has 1 amide bonds. The van der Waals surface area contributed by atoms with Crippen LogP contribution < -0.4 is 14.8 Å². The van der Waals surface area contributed by atoms with Crippen LogP contribution in [0.15, 0.2) is 42.5 Å². The van der Waals surface area contributed by atoms with Gasteiger partial charge in [0, 0.05) is 5.75 Å². The number of benzene rings is 2. The van der Waals surface area contributed by atoms with Crippen LogP contribution in [-0.2, 0) is 10.5 Å². The number of fused-ring (bicyclic) bond motifs is 1. The molecule has 1 aliphatic rings. The van der Waals surface area contributed by atoms with Gasteiger partial charge in [0.1, 0.15) is 13.2 Å². The molecule has 0 aromatic heterocycles. The van der Waals surface area contributed by atoms with Crippen molar-refractivity contribution in [3.63, 3.8) is 0 Å². The van der Waals surface area contributed by atoms with E-state index < -0.39 is 0 Å². The van der Waals surface area contributed by atoms with Gasteiger partial charge in [-0.15, -0.1) is 11.8 Å². The second kappa shape index (κ2) is 8.30. The van der Waals surface area contributed by atoms with E-state index in [0.717, 1.165) is 22.8 Å². The number of hydrogen-bond donors (Lipinski definition) is 1. The molecule has 132 valence electrons. The van der Waals surface area contributed by atoms with Crippen molar-refractivity contribution in [3.8, 4) is 11.5 Å². The second-order valence-electron chi connectivity index (χ2n) is 6.17. The average Bonchev–Trinajstić information content (AvgIpc) is 2.63. The Bertz CT molecular complexity index is 730. The van der Waals surface area contributed by atoms with Gasteiger partial charge in [-0.2, -0.15) is 0 Å². The van der Waals surface area contributed by atoms with Crippen molar-refractivity contribution in [3.05, 3.63) is 59.2 Å². The van der Waals surface area contributed by atoms with E-state index in [2.05, 4.69) is 36.5 Å². The van der Waals surface area contributed by atoms with Gasteiger partial charge in [0.15, 0.2) is 11.5 Å². The normalized spacial score (nSPS) is 14.0. The Labute approximate surface area is 152 Å². The Morgan fingerprint density at radius 2 is 1.84 bits per heavy atom. The summed E-state index contributed by atoms with van der Waals surface area (Å²) in [6.07, 6.45) is 0. The van der Waals surface area contributed by atoms with E-state index in [4.69, 9.17) is 9.47 Å². The summed E-state index contributed by atoms with van der Waals surface area (Å²) in [6, 6.07) is 14.2. The first-order chi connectivity index (χ1) is 12.1. The minimum atomic E-state index is -0.0664. The highest BCUT2D eigenvalue weighted by molar-refractivity contribution is 7.99. The third-order valence-corrected chi connectivity index (χ3v) is 5.07. The molecule has 0 aliphatic carbocycles. The van der Waals surface area contributed by atoms with Crippen LogP contribution in [0.3, 0.4) is 0 Å². The van der Waals surface area contributed by atoms with Crippen LogP contribution in [0.25, 0.3) is 0 Å². The highest BCUT2D eigenvalue weighted by Gasteiger charge is 2.15. The Morgan fingerprint density at radius 3 is 2.60 bits per heavy atom. The lowest BCUT2D eigenvalue weighted by atomic mass is 10.1. The molecule has 25 heavy (non-hydrogen) atoms. The van der Waals surface area contributed by atoms with E-state index in [1.54, 1.807) is 11.8 Å². The molecule has 5 heteroatoms. The van der Waals surface area contributed by atoms with E-state index in [1.807, 2.05) is 25.1 Å². The molecule has 2 aromatic carbocycles. The molecule has 2 aromatic rings. The Balaban J connectivity index is 1.48. The molecule has 0 spiro atoms. The summed E-state index contributed by atoms with van der Waals surface area (Å²) in [7, 11) is 0. The van der Waals surface area contributed by atoms with Crippen molar-refractivity contribution in [2.75, 3.05) is 19.0 Å². The van der Waals surface area contributed by atoms with E-state index in [1.165, 1.54) is 11.1 Å². The maximum atomic E-state index is 12.2. The summed E-state index contributed by atoms with van der Waals surface area (Å²) < 4.78 is 11.1.